The number of rotatable bonds is 4. The van der Waals surface area contributed by atoms with Crippen LogP contribution < -0.4 is 5.32 Å². The topological polar surface area (TPSA) is 75.1 Å². The summed E-state index contributed by atoms with van der Waals surface area (Å²) >= 11 is 5.82. The van der Waals surface area contributed by atoms with Gasteiger partial charge in [-0.2, -0.15) is 5.10 Å². The van der Waals surface area contributed by atoms with Crippen LogP contribution in [0.15, 0.2) is 36.5 Å². The highest BCUT2D eigenvalue weighted by Gasteiger charge is 2.14. The van der Waals surface area contributed by atoms with E-state index in [1.165, 1.54) is 12.3 Å². The average molecular weight is 278 g/mol. The lowest BCUT2D eigenvalue weighted by Crippen LogP contribution is -2.12. The number of benzene rings is 1. The third-order valence-electron chi connectivity index (χ3n) is 2.67. The van der Waals surface area contributed by atoms with E-state index < -0.39 is 5.97 Å². The van der Waals surface area contributed by atoms with Crippen molar-refractivity contribution < 1.29 is 9.90 Å². The van der Waals surface area contributed by atoms with Crippen molar-refractivity contribution in [2.75, 3.05) is 5.32 Å². The fourth-order valence-electron chi connectivity index (χ4n) is 1.65. The standard InChI is InChI=1S/C13H12ClN3O2/c1-8(9-2-4-10(14)5-3-9)16-12-11(13(18)19)6-7-15-17-12/h2-8H,1H3,(H,16,17)(H,18,19). The van der Waals surface area contributed by atoms with Gasteiger partial charge in [0.2, 0.25) is 0 Å². The first-order chi connectivity index (χ1) is 9.08. The third-order valence-corrected chi connectivity index (χ3v) is 2.93. The molecule has 2 aromatic rings. The number of halogens is 1. The summed E-state index contributed by atoms with van der Waals surface area (Å²) in [5.41, 5.74) is 1.07. The van der Waals surface area contributed by atoms with Crippen LogP contribution in [0, 0.1) is 0 Å². The van der Waals surface area contributed by atoms with Crippen LogP contribution in [0.3, 0.4) is 0 Å². The van der Waals surface area contributed by atoms with Crippen molar-refractivity contribution in [2.24, 2.45) is 0 Å². The Balaban J connectivity index is 2.21. The second-order valence-corrected chi connectivity index (χ2v) is 4.45. The lowest BCUT2D eigenvalue weighted by molar-refractivity contribution is 0.0697. The van der Waals surface area contributed by atoms with E-state index in [0.29, 0.717) is 5.02 Å². The summed E-state index contributed by atoms with van der Waals surface area (Å²) < 4.78 is 0. The molecule has 1 atom stereocenters. The van der Waals surface area contributed by atoms with Gasteiger partial charge in [0.25, 0.3) is 0 Å². The van der Waals surface area contributed by atoms with E-state index in [2.05, 4.69) is 15.5 Å². The largest absolute Gasteiger partial charge is 0.478 e. The van der Waals surface area contributed by atoms with Crippen LogP contribution in [0.2, 0.25) is 5.02 Å². The van der Waals surface area contributed by atoms with Gasteiger partial charge >= 0.3 is 5.97 Å². The first-order valence-electron chi connectivity index (χ1n) is 5.65. The van der Waals surface area contributed by atoms with E-state index in [1.807, 2.05) is 19.1 Å². The SMILES string of the molecule is CC(Nc1nnccc1C(=O)O)c1ccc(Cl)cc1. The molecule has 0 bridgehead atoms. The van der Waals surface area contributed by atoms with Crippen molar-refractivity contribution in [3.63, 3.8) is 0 Å². The number of nitrogens with zero attached hydrogens (tertiary/aromatic N) is 2. The molecule has 1 heterocycles. The Morgan fingerprint density at radius 2 is 2.00 bits per heavy atom. The van der Waals surface area contributed by atoms with Gasteiger partial charge in [-0.15, -0.1) is 5.10 Å². The highest BCUT2D eigenvalue weighted by Crippen LogP contribution is 2.21. The monoisotopic (exact) mass is 277 g/mol. The maximum absolute atomic E-state index is 11.1. The highest BCUT2D eigenvalue weighted by molar-refractivity contribution is 6.30. The lowest BCUT2D eigenvalue weighted by atomic mass is 10.1. The zero-order valence-corrected chi connectivity index (χ0v) is 10.9. The molecule has 1 aromatic heterocycles. The molecular weight excluding hydrogens is 266 g/mol. The van der Waals surface area contributed by atoms with E-state index >= 15 is 0 Å². The van der Waals surface area contributed by atoms with Gasteiger partial charge in [0.05, 0.1) is 12.2 Å². The number of carboxylic acid groups (broad SMARTS) is 1. The number of nitrogens with one attached hydrogen (secondary N) is 1. The molecule has 6 heteroatoms. The summed E-state index contributed by atoms with van der Waals surface area (Å²) in [6.45, 7) is 1.91. The Morgan fingerprint density at radius 3 is 2.63 bits per heavy atom. The Hall–Kier alpha value is -2.14. The highest BCUT2D eigenvalue weighted by atomic mass is 35.5. The Bertz CT molecular complexity index is 587. The molecule has 0 aliphatic carbocycles. The Morgan fingerprint density at radius 1 is 1.32 bits per heavy atom. The minimum Gasteiger partial charge on any atom is -0.478 e. The van der Waals surface area contributed by atoms with Gasteiger partial charge < -0.3 is 10.4 Å². The zero-order chi connectivity index (χ0) is 13.8. The van der Waals surface area contributed by atoms with Gasteiger partial charge in [-0.05, 0) is 30.7 Å². The van der Waals surface area contributed by atoms with Crippen molar-refractivity contribution >= 4 is 23.4 Å². The fraction of sp³-hybridized carbons (Fsp3) is 0.154. The summed E-state index contributed by atoms with van der Waals surface area (Å²) in [6.07, 6.45) is 1.35. The van der Waals surface area contributed by atoms with Gasteiger partial charge in [0.15, 0.2) is 5.82 Å². The predicted molar refractivity (Wildman–Crippen MR) is 72.5 cm³/mol. The quantitative estimate of drug-likeness (QED) is 0.898. The number of hydrogen-bond donors (Lipinski definition) is 2. The van der Waals surface area contributed by atoms with Gasteiger partial charge in [-0.1, -0.05) is 23.7 Å². The van der Waals surface area contributed by atoms with Crippen LogP contribution in [0.1, 0.15) is 28.9 Å². The summed E-state index contributed by atoms with van der Waals surface area (Å²) in [5, 5.41) is 20.3. The normalized spacial score (nSPS) is 11.9. The van der Waals surface area contributed by atoms with E-state index in [1.54, 1.807) is 12.1 Å². The number of hydrogen-bond acceptors (Lipinski definition) is 4. The number of carboxylic acids is 1. The van der Waals surface area contributed by atoms with Crippen molar-refractivity contribution in [3.05, 3.63) is 52.7 Å². The van der Waals surface area contributed by atoms with Gasteiger partial charge in [-0.25, -0.2) is 4.79 Å². The molecule has 0 saturated heterocycles. The van der Waals surface area contributed by atoms with Gasteiger partial charge in [-0.3, -0.25) is 0 Å². The smallest absolute Gasteiger partial charge is 0.339 e. The molecule has 0 spiro atoms. The summed E-state index contributed by atoms with van der Waals surface area (Å²) in [4.78, 5) is 11.1. The molecule has 0 radical (unpaired) electrons. The fourth-order valence-corrected chi connectivity index (χ4v) is 1.78. The molecule has 0 aliphatic rings. The number of aromatic nitrogens is 2. The van der Waals surface area contributed by atoms with E-state index in [-0.39, 0.29) is 17.4 Å². The van der Waals surface area contributed by atoms with Crippen LogP contribution in [-0.2, 0) is 0 Å². The zero-order valence-electron chi connectivity index (χ0n) is 10.2. The first-order valence-corrected chi connectivity index (χ1v) is 6.02. The van der Waals surface area contributed by atoms with Crippen LogP contribution in [0.4, 0.5) is 5.82 Å². The number of aromatic carboxylic acids is 1. The maximum atomic E-state index is 11.1. The van der Waals surface area contributed by atoms with Crippen LogP contribution in [-0.4, -0.2) is 21.3 Å². The minimum atomic E-state index is -1.04. The van der Waals surface area contributed by atoms with E-state index in [4.69, 9.17) is 16.7 Å². The molecule has 5 nitrogen and oxygen atoms in total. The molecule has 2 rings (SSSR count). The third kappa shape index (κ3) is 3.20. The van der Waals surface area contributed by atoms with Crippen molar-refractivity contribution in [3.8, 4) is 0 Å². The molecule has 98 valence electrons. The summed E-state index contributed by atoms with van der Waals surface area (Å²) in [7, 11) is 0. The molecule has 1 unspecified atom stereocenters. The van der Waals surface area contributed by atoms with Crippen LogP contribution in [0.25, 0.3) is 0 Å². The molecule has 1 aromatic carbocycles. The van der Waals surface area contributed by atoms with Gasteiger partial charge in [0.1, 0.15) is 5.56 Å². The number of anilines is 1. The first kappa shape index (κ1) is 13.3. The molecule has 2 N–H and O–H groups in total. The molecular formula is C13H12ClN3O2. The minimum absolute atomic E-state index is 0.0933. The van der Waals surface area contributed by atoms with E-state index in [9.17, 15) is 4.79 Å². The van der Waals surface area contributed by atoms with Gasteiger partial charge in [0, 0.05) is 5.02 Å². The second kappa shape index (κ2) is 5.67. The predicted octanol–water partition coefficient (Wildman–Crippen LogP) is 3.00. The Labute approximate surface area is 115 Å². The average Bonchev–Trinajstić information content (AvgIpc) is 2.39. The van der Waals surface area contributed by atoms with Crippen molar-refractivity contribution in [1.29, 1.82) is 0 Å². The molecule has 0 fully saturated rings. The molecule has 0 aliphatic heterocycles. The van der Waals surface area contributed by atoms with E-state index in [0.717, 1.165) is 5.56 Å². The second-order valence-electron chi connectivity index (χ2n) is 4.02. The van der Waals surface area contributed by atoms with Crippen LogP contribution >= 0.6 is 11.6 Å². The molecule has 0 amide bonds. The van der Waals surface area contributed by atoms with Crippen LogP contribution in [0.5, 0.6) is 0 Å². The maximum Gasteiger partial charge on any atom is 0.339 e. The summed E-state index contributed by atoms with van der Waals surface area (Å²) in [5.74, 6) is -0.793. The summed E-state index contributed by atoms with van der Waals surface area (Å²) in [6, 6.07) is 8.61. The molecule has 19 heavy (non-hydrogen) atoms. The van der Waals surface area contributed by atoms with Crippen molar-refractivity contribution in [2.45, 2.75) is 13.0 Å². The molecule has 0 saturated carbocycles. The number of carbonyl (C=O) groups is 1. The Kier molecular flexibility index (Phi) is 3.97. The van der Waals surface area contributed by atoms with Crippen molar-refractivity contribution in [1.82, 2.24) is 10.2 Å². The lowest BCUT2D eigenvalue weighted by Gasteiger charge is -2.15.